The maximum absolute atomic E-state index is 13.4. The molecular formula is C26H29N5O2. The Hall–Kier alpha value is -3.74. The van der Waals surface area contributed by atoms with Crippen LogP contribution in [-0.2, 0) is 11.2 Å². The Labute approximate surface area is 194 Å². The minimum atomic E-state index is -0.579. The summed E-state index contributed by atoms with van der Waals surface area (Å²) in [7, 11) is 3.69. The molecule has 0 aliphatic carbocycles. The van der Waals surface area contributed by atoms with Crippen molar-refractivity contribution in [2.75, 3.05) is 38.6 Å². The van der Waals surface area contributed by atoms with Gasteiger partial charge >= 0.3 is 0 Å². The van der Waals surface area contributed by atoms with E-state index in [4.69, 9.17) is 0 Å². The van der Waals surface area contributed by atoms with E-state index in [1.54, 1.807) is 9.80 Å². The lowest BCUT2D eigenvalue weighted by molar-refractivity contribution is -0.139. The summed E-state index contributed by atoms with van der Waals surface area (Å²) >= 11 is 0. The van der Waals surface area contributed by atoms with Gasteiger partial charge in [-0.3, -0.25) is 9.59 Å². The van der Waals surface area contributed by atoms with E-state index in [9.17, 15) is 9.59 Å². The van der Waals surface area contributed by atoms with Crippen molar-refractivity contribution in [2.24, 2.45) is 0 Å². The number of likely N-dealkylation sites (N-methyl/N-ethyl adjacent to an activating group) is 1. The second kappa shape index (κ2) is 9.81. The van der Waals surface area contributed by atoms with Crippen molar-refractivity contribution in [1.29, 1.82) is 0 Å². The molecule has 1 aromatic heterocycles. The molecule has 170 valence electrons. The number of amides is 2. The van der Waals surface area contributed by atoms with Crippen LogP contribution in [0.3, 0.4) is 0 Å². The highest BCUT2D eigenvalue weighted by molar-refractivity contribution is 5.98. The average Bonchev–Trinajstić information content (AvgIpc) is 2.85. The number of carbonyl (C=O) groups excluding carboxylic acids is 2. The molecule has 1 saturated heterocycles. The van der Waals surface area contributed by atoms with Gasteiger partial charge in [-0.25, -0.2) is 9.97 Å². The molecule has 7 nitrogen and oxygen atoms in total. The molecule has 33 heavy (non-hydrogen) atoms. The third kappa shape index (κ3) is 4.72. The van der Waals surface area contributed by atoms with Crippen LogP contribution >= 0.6 is 0 Å². The van der Waals surface area contributed by atoms with Crippen LogP contribution in [0.4, 0.5) is 5.95 Å². The van der Waals surface area contributed by atoms with Crippen LogP contribution in [0.15, 0.2) is 67.0 Å². The van der Waals surface area contributed by atoms with Gasteiger partial charge in [-0.2, -0.15) is 0 Å². The minimum absolute atomic E-state index is 0.0224. The van der Waals surface area contributed by atoms with Gasteiger partial charge in [0.25, 0.3) is 5.91 Å². The number of hydrogen-bond donors (Lipinski definition) is 0. The van der Waals surface area contributed by atoms with Gasteiger partial charge in [0.1, 0.15) is 6.04 Å². The summed E-state index contributed by atoms with van der Waals surface area (Å²) in [5.74, 6) is 0.296. The summed E-state index contributed by atoms with van der Waals surface area (Å²) in [4.78, 5) is 40.7. The predicted molar refractivity (Wildman–Crippen MR) is 129 cm³/mol. The molecule has 1 aliphatic rings. The fourth-order valence-electron chi connectivity index (χ4n) is 4.23. The molecule has 3 aromatic rings. The number of piperazine rings is 1. The lowest BCUT2D eigenvalue weighted by atomic mass is 9.93. The van der Waals surface area contributed by atoms with Crippen molar-refractivity contribution in [1.82, 2.24) is 19.8 Å². The largest absolute Gasteiger partial charge is 0.347 e. The van der Waals surface area contributed by atoms with Crippen LogP contribution in [0.25, 0.3) is 11.1 Å². The SMILES string of the molecule is CCN1CCN(C(=O)c2cnc(N(C)C)nc2)[C@@H](Cc2ccccc2-c2ccccc2)C1=O. The van der Waals surface area contributed by atoms with Crippen molar-refractivity contribution in [3.63, 3.8) is 0 Å². The topological polar surface area (TPSA) is 69.6 Å². The molecule has 0 radical (unpaired) electrons. The maximum atomic E-state index is 13.4. The Kier molecular flexibility index (Phi) is 6.68. The molecule has 0 unspecified atom stereocenters. The van der Waals surface area contributed by atoms with E-state index in [0.717, 1.165) is 16.7 Å². The Balaban J connectivity index is 1.66. The first-order chi connectivity index (χ1) is 16.0. The summed E-state index contributed by atoms with van der Waals surface area (Å²) in [5.41, 5.74) is 3.59. The first-order valence-corrected chi connectivity index (χ1v) is 11.2. The summed E-state index contributed by atoms with van der Waals surface area (Å²) in [6, 6.07) is 17.6. The van der Waals surface area contributed by atoms with Crippen LogP contribution in [0.1, 0.15) is 22.8 Å². The highest BCUT2D eigenvalue weighted by atomic mass is 16.2. The van der Waals surface area contributed by atoms with E-state index in [0.29, 0.717) is 37.6 Å². The van der Waals surface area contributed by atoms with Gasteiger partial charge in [0.15, 0.2) is 0 Å². The van der Waals surface area contributed by atoms with Crippen molar-refractivity contribution >= 4 is 17.8 Å². The van der Waals surface area contributed by atoms with Gasteiger partial charge in [-0.15, -0.1) is 0 Å². The fourth-order valence-corrected chi connectivity index (χ4v) is 4.23. The Morgan fingerprint density at radius 3 is 2.33 bits per heavy atom. The lowest BCUT2D eigenvalue weighted by Crippen LogP contribution is -2.59. The zero-order chi connectivity index (χ0) is 23.4. The normalized spacial score (nSPS) is 16.1. The van der Waals surface area contributed by atoms with Crippen LogP contribution in [0.5, 0.6) is 0 Å². The zero-order valence-electron chi connectivity index (χ0n) is 19.3. The number of rotatable bonds is 6. The van der Waals surface area contributed by atoms with E-state index in [-0.39, 0.29) is 11.8 Å². The number of carbonyl (C=O) groups is 2. The van der Waals surface area contributed by atoms with Crippen LogP contribution in [-0.4, -0.2) is 71.4 Å². The van der Waals surface area contributed by atoms with E-state index >= 15 is 0 Å². The second-order valence-electron chi connectivity index (χ2n) is 8.33. The minimum Gasteiger partial charge on any atom is -0.347 e. The number of aromatic nitrogens is 2. The Morgan fingerprint density at radius 1 is 1.00 bits per heavy atom. The molecule has 2 heterocycles. The quantitative estimate of drug-likeness (QED) is 0.586. The zero-order valence-corrected chi connectivity index (χ0v) is 19.3. The van der Waals surface area contributed by atoms with Gasteiger partial charge in [0.05, 0.1) is 5.56 Å². The molecule has 1 atom stereocenters. The molecule has 2 aromatic carbocycles. The van der Waals surface area contributed by atoms with Crippen molar-refractivity contribution in [3.8, 4) is 11.1 Å². The molecule has 1 aliphatic heterocycles. The average molecular weight is 444 g/mol. The van der Waals surface area contributed by atoms with Gasteiger partial charge in [-0.05, 0) is 23.6 Å². The highest BCUT2D eigenvalue weighted by Crippen LogP contribution is 2.27. The first kappa shape index (κ1) is 22.5. The predicted octanol–water partition coefficient (Wildman–Crippen LogP) is 3.13. The molecule has 0 N–H and O–H groups in total. The molecule has 4 rings (SSSR count). The molecule has 0 saturated carbocycles. The molecule has 7 heteroatoms. The molecule has 1 fully saturated rings. The van der Waals surface area contributed by atoms with E-state index in [1.165, 1.54) is 12.4 Å². The van der Waals surface area contributed by atoms with E-state index in [2.05, 4.69) is 28.2 Å². The third-order valence-electron chi connectivity index (χ3n) is 6.03. The summed E-state index contributed by atoms with van der Waals surface area (Å²) < 4.78 is 0. The van der Waals surface area contributed by atoms with E-state index in [1.807, 2.05) is 62.3 Å². The first-order valence-electron chi connectivity index (χ1n) is 11.2. The van der Waals surface area contributed by atoms with Crippen molar-refractivity contribution in [3.05, 3.63) is 78.1 Å². The van der Waals surface area contributed by atoms with Crippen molar-refractivity contribution in [2.45, 2.75) is 19.4 Å². The van der Waals surface area contributed by atoms with Crippen LogP contribution in [0, 0.1) is 0 Å². The summed E-state index contributed by atoms with van der Waals surface area (Å²) in [6.07, 6.45) is 3.52. The van der Waals surface area contributed by atoms with Gasteiger partial charge < -0.3 is 14.7 Å². The number of hydrogen-bond acceptors (Lipinski definition) is 5. The van der Waals surface area contributed by atoms with E-state index < -0.39 is 6.04 Å². The number of nitrogens with zero attached hydrogens (tertiary/aromatic N) is 5. The summed E-state index contributed by atoms with van der Waals surface area (Å²) in [6.45, 7) is 3.59. The van der Waals surface area contributed by atoms with Crippen LogP contribution in [0.2, 0.25) is 0 Å². The Bertz CT molecular complexity index is 1120. The number of anilines is 1. The van der Waals surface area contributed by atoms with Crippen molar-refractivity contribution < 1.29 is 9.59 Å². The van der Waals surface area contributed by atoms with Gasteiger partial charge in [-0.1, -0.05) is 54.6 Å². The maximum Gasteiger partial charge on any atom is 0.257 e. The van der Waals surface area contributed by atoms with Crippen LogP contribution < -0.4 is 4.90 Å². The molecular weight excluding hydrogens is 414 g/mol. The smallest absolute Gasteiger partial charge is 0.257 e. The monoisotopic (exact) mass is 443 g/mol. The highest BCUT2D eigenvalue weighted by Gasteiger charge is 2.37. The van der Waals surface area contributed by atoms with Gasteiger partial charge in [0, 0.05) is 52.5 Å². The molecule has 0 bridgehead atoms. The standard InChI is InChI=1S/C26H29N5O2/c1-4-30-14-15-31(24(32)21-17-27-26(28-18-21)29(2)3)23(25(30)33)16-20-12-8-9-13-22(20)19-10-6-5-7-11-19/h5-13,17-18,23H,4,14-16H2,1-3H3/t23-/m0/s1. The number of benzene rings is 2. The molecule has 0 spiro atoms. The lowest BCUT2D eigenvalue weighted by Gasteiger charge is -2.40. The molecule has 2 amide bonds. The van der Waals surface area contributed by atoms with Gasteiger partial charge in [0.2, 0.25) is 11.9 Å². The summed E-state index contributed by atoms with van der Waals surface area (Å²) in [5, 5.41) is 0. The Morgan fingerprint density at radius 2 is 1.67 bits per heavy atom. The second-order valence-corrected chi connectivity index (χ2v) is 8.33. The fraction of sp³-hybridized carbons (Fsp3) is 0.308. The third-order valence-corrected chi connectivity index (χ3v) is 6.03.